The molecule has 0 amide bonds. The molecule has 128 valence electrons. The summed E-state index contributed by atoms with van der Waals surface area (Å²) in [6.45, 7) is 3.86. The molecule has 0 fully saturated rings. The molecular weight excluding hydrogens is 377 g/mol. The zero-order valence-corrected chi connectivity index (χ0v) is 15.9. The highest BCUT2D eigenvalue weighted by atomic mass is 35.5. The Morgan fingerprint density at radius 1 is 1.04 bits per heavy atom. The number of hydrogen-bond donors (Lipinski definition) is 3. The number of aromatic amines is 1. The number of H-pyrrole nitrogens is 1. The molecule has 4 nitrogen and oxygen atoms in total. The quantitative estimate of drug-likeness (QED) is 0.521. The Labute approximate surface area is 160 Å². The van der Waals surface area contributed by atoms with Gasteiger partial charge in [-0.05, 0) is 61.3 Å². The molecule has 0 aliphatic carbocycles. The summed E-state index contributed by atoms with van der Waals surface area (Å²) >= 11 is 17.6. The summed E-state index contributed by atoms with van der Waals surface area (Å²) in [5.41, 5.74) is 3.01. The number of halogens is 2. The van der Waals surface area contributed by atoms with Gasteiger partial charge in [0.05, 0.1) is 15.7 Å². The Hall–Kier alpha value is -2.08. The van der Waals surface area contributed by atoms with Crippen LogP contribution in [0.2, 0.25) is 10.0 Å². The molecule has 0 spiro atoms. The number of nitrogens with one attached hydrogen (secondary N) is 3. The minimum absolute atomic E-state index is 0.130. The predicted octanol–water partition coefficient (Wildman–Crippen LogP) is 5.26. The van der Waals surface area contributed by atoms with Crippen molar-refractivity contribution in [2.24, 2.45) is 0 Å². The molecule has 1 aromatic heterocycles. The Balaban J connectivity index is 1.88. The summed E-state index contributed by atoms with van der Waals surface area (Å²) in [5.74, 6) is 0. The predicted molar refractivity (Wildman–Crippen MR) is 110 cm³/mol. The minimum Gasteiger partial charge on any atom is -0.332 e. The maximum Gasteiger partial charge on any atom is 0.256 e. The van der Waals surface area contributed by atoms with Gasteiger partial charge in [-0.3, -0.25) is 4.79 Å². The van der Waals surface area contributed by atoms with Crippen LogP contribution in [0.25, 0.3) is 10.8 Å². The molecule has 2 aromatic carbocycles. The summed E-state index contributed by atoms with van der Waals surface area (Å²) in [7, 11) is 0. The van der Waals surface area contributed by atoms with Crippen molar-refractivity contribution in [3.63, 3.8) is 0 Å². The minimum atomic E-state index is -0.130. The first-order valence-electron chi connectivity index (χ1n) is 7.52. The molecule has 3 N–H and O–H groups in total. The number of thiocarbonyl (C=S) groups is 1. The van der Waals surface area contributed by atoms with Crippen LogP contribution in [-0.4, -0.2) is 10.1 Å². The topological polar surface area (TPSA) is 56.9 Å². The third kappa shape index (κ3) is 3.63. The summed E-state index contributed by atoms with van der Waals surface area (Å²) in [6, 6.07) is 10.7. The fraction of sp³-hybridized carbons (Fsp3) is 0.111. The van der Waals surface area contributed by atoms with Gasteiger partial charge >= 0.3 is 0 Å². The van der Waals surface area contributed by atoms with Crippen molar-refractivity contribution in [3.8, 4) is 0 Å². The first kappa shape index (κ1) is 17.7. The van der Waals surface area contributed by atoms with E-state index in [-0.39, 0.29) is 5.56 Å². The van der Waals surface area contributed by atoms with E-state index >= 15 is 0 Å². The monoisotopic (exact) mass is 391 g/mol. The van der Waals surface area contributed by atoms with Crippen LogP contribution in [0.5, 0.6) is 0 Å². The van der Waals surface area contributed by atoms with Crippen LogP contribution >= 0.6 is 35.4 Å². The lowest BCUT2D eigenvalue weighted by Gasteiger charge is -2.14. The lowest BCUT2D eigenvalue weighted by atomic mass is 10.1. The zero-order valence-electron chi connectivity index (χ0n) is 13.5. The number of rotatable bonds is 2. The molecule has 0 aliphatic heterocycles. The number of aromatic nitrogens is 1. The lowest BCUT2D eigenvalue weighted by Crippen LogP contribution is -2.20. The summed E-state index contributed by atoms with van der Waals surface area (Å²) in [5, 5.41) is 8.82. The standard InChI is InChI=1S/C18H15Cl2N3OS/c1-9-10(2)21-17(24)13-8-11(6-7-12(9)13)22-18(25)23-16-14(19)4-3-5-15(16)20/h3-8H,1-2H3,(H,21,24)(H2,22,23,25). The van der Waals surface area contributed by atoms with Crippen molar-refractivity contribution < 1.29 is 0 Å². The molecule has 3 aromatic rings. The number of para-hydroxylation sites is 1. The average molecular weight is 392 g/mol. The van der Waals surface area contributed by atoms with Gasteiger partial charge in [0.2, 0.25) is 0 Å². The van der Waals surface area contributed by atoms with E-state index in [1.165, 1.54) is 0 Å². The third-order valence-corrected chi connectivity index (χ3v) is 4.82. The second kappa shape index (κ2) is 7.04. The maximum absolute atomic E-state index is 12.2. The van der Waals surface area contributed by atoms with Gasteiger partial charge in [0, 0.05) is 16.8 Å². The normalized spacial score (nSPS) is 10.7. The molecule has 0 atom stereocenters. The first-order valence-corrected chi connectivity index (χ1v) is 8.68. The Morgan fingerprint density at radius 3 is 2.40 bits per heavy atom. The van der Waals surface area contributed by atoms with Gasteiger partial charge in [-0.1, -0.05) is 35.3 Å². The highest BCUT2D eigenvalue weighted by Gasteiger charge is 2.09. The molecule has 7 heteroatoms. The Morgan fingerprint density at radius 2 is 1.72 bits per heavy atom. The smallest absolute Gasteiger partial charge is 0.256 e. The van der Waals surface area contributed by atoms with Gasteiger partial charge in [0.1, 0.15) is 0 Å². The number of aryl methyl sites for hydroxylation is 2. The van der Waals surface area contributed by atoms with Crippen LogP contribution in [0, 0.1) is 13.8 Å². The average Bonchev–Trinajstić information content (AvgIpc) is 2.56. The van der Waals surface area contributed by atoms with Crippen LogP contribution < -0.4 is 16.2 Å². The highest BCUT2D eigenvalue weighted by Crippen LogP contribution is 2.30. The molecule has 0 radical (unpaired) electrons. The van der Waals surface area contributed by atoms with Crippen molar-refractivity contribution in [1.82, 2.24) is 4.98 Å². The third-order valence-electron chi connectivity index (χ3n) is 3.99. The molecule has 25 heavy (non-hydrogen) atoms. The van der Waals surface area contributed by atoms with Gasteiger partial charge in [-0.15, -0.1) is 0 Å². The van der Waals surface area contributed by atoms with Crippen molar-refractivity contribution in [3.05, 3.63) is 68.1 Å². The molecule has 0 aliphatic rings. The van der Waals surface area contributed by atoms with E-state index in [0.29, 0.717) is 31.9 Å². The van der Waals surface area contributed by atoms with Crippen molar-refractivity contribution in [2.45, 2.75) is 13.8 Å². The van der Waals surface area contributed by atoms with Crippen LogP contribution in [0.1, 0.15) is 11.3 Å². The highest BCUT2D eigenvalue weighted by molar-refractivity contribution is 7.80. The largest absolute Gasteiger partial charge is 0.332 e. The zero-order chi connectivity index (χ0) is 18.1. The van der Waals surface area contributed by atoms with Gasteiger partial charge in [0.15, 0.2) is 5.11 Å². The number of hydrogen-bond acceptors (Lipinski definition) is 2. The molecule has 0 unspecified atom stereocenters. The lowest BCUT2D eigenvalue weighted by molar-refractivity contribution is 1.13. The molecular formula is C18H15Cl2N3OS. The van der Waals surface area contributed by atoms with Crippen LogP contribution in [0.3, 0.4) is 0 Å². The van der Waals surface area contributed by atoms with E-state index in [0.717, 1.165) is 16.6 Å². The second-order valence-electron chi connectivity index (χ2n) is 5.64. The molecule has 1 heterocycles. The van der Waals surface area contributed by atoms with Gasteiger partial charge < -0.3 is 15.6 Å². The van der Waals surface area contributed by atoms with Gasteiger partial charge in [-0.25, -0.2) is 0 Å². The van der Waals surface area contributed by atoms with Crippen molar-refractivity contribution >= 4 is 62.7 Å². The van der Waals surface area contributed by atoms with E-state index in [1.807, 2.05) is 26.0 Å². The second-order valence-corrected chi connectivity index (χ2v) is 6.86. The molecule has 0 bridgehead atoms. The maximum atomic E-state index is 12.2. The first-order chi connectivity index (χ1) is 11.9. The fourth-order valence-electron chi connectivity index (χ4n) is 2.56. The van der Waals surface area contributed by atoms with Crippen molar-refractivity contribution in [1.29, 1.82) is 0 Å². The van der Waals surface area contributed by atoms with Gasteiger partial charge in [0.25, 0.3) is 5.56 Å². The van der Waals surface area contributed by atoms with E-state index in [1.54, 1.807) is 24.3 Å². The molecule has 3 rings (SSSR count). The number of anilines is 2. The fourth-order valence-corrected chi connectivity index (χ4v) is 3.28. The summed E-state index contributed by atoms with van der Waals surface area (Å²) < 4.78 is 0. The Bertz CT molecular complexity index is 1030. The van der Waals surface area contributed by atoms with E-state index < -0.39 is 0 Å². The van der Waals surface area contributed by atoms with E-state index in [9.17, 15) is 4.79 Å². The number of benzene rings is 2. The number of fused-ring (bicyclic) bond motifs is 1. The van der Waals surface area contributed by atoms with E-state index in [2.05, 4.69) is 15.6 Å². The summed E-state index contributed by atoms with van der Waals surface area (Å²) in [4.78, 5) is 15.1. The molecule has 0 saturated carbocycles. The Kier molecular flexibility index (Phi) is 4.99. The van der Waals surface area contributed by atoms with Crippen LogP contribution in [-0.2, 0) is 0 Å². The van der Waals surface area contributed by atoms with Crippen LogP contribution in [0.15, 0.2) is 41.2 Å². The van der Waals surface area contributed by atoms with E-state index in [4.69, 9.17) is 35.4 Å². The van der Waals surface area contributed by atoms with Crippen molar-refractivity contribution in [2.75, 3.05) is 10.6 Å². The summed E-state index contributed by atoms with van der Waals surface area (Å²) in [6.07, 6.45) is 0. The number of pyridine rings is 1. The molecule has 0 saturated heterocycles. The van der Waals surface area contributed by atoms with Gasteiger partial charge in [-0.2, -0.15) is 0 Å². The SMILES string of the molecule is Cc1[nH]c(=O)c2cc(NC(=S)Nc3c(Cl)cccc3Cl)ccc2c1C. The van der Waals surface area contributed by atoms with Crippen LogP contribution in [0.4, 0.5) is 11.4 Å².